The van der Waals surface area contributed by atoms with Crippen LogP contribution in [0.3, 0.4) is 0 Å². The van der Waals surface area contributed by atoms with Crippen LogP contribution in [0.1, 0.15) is 19.3 Å². The molecule has 0 radical (unpaired) electrons. The molecule has 17 heavy (non-hydrogen) atoms. The van der Waals surface area contributed by atoms with Gasteiger partial charge in [-0.3, -0.25) is 9.59 Å². The highest BCUT2D eigenvalue weighted by Gasteiger charge is 2.31. The smallest absolute Gasteiger partial charge is 0.304 e. The molecular formula is C9H16N2O5S. The van der Waals surface area contributed by atoms with Gasteiger partial charge in [0.1, 0.15) is 0 Å². The zero-order valence-electron chi connectivity index (χ0n) is 9.33. The van der Waals surface area contributed by atoms with Gasteiger partial charge in [0.05, 0.1) is 18.1 Å². The van der Waals surface area contributed by atoms with E-state index in [1.165, 1.54) is 0 Å². The zero-order chi connectivity index (χ0) is 13.1. The van der Waals surface area contributed by atoms with Gasteiger partial charge in [-0.05, 0) is 12.8 Å². The van der Waals surface area contributed by atoms with Crippen molar-refractivity contribution in [1.82, 2.24) is 4.31 Å². The summed E-state index contributed by atoms with van der Waals surface area (Å²) in [5.41, 5.74) is 5.14. The van der Waals surface area contributed by atoms with Crippen LogP contribution in [-0.4, -0.2) is 48.5 Å². The number of nitrogens with two attached hydrogens (primary N) is 1. The number of carboxylic acid groups (broad SMARTS) is 1. The number of carboxylic acids is 1. The number of rotatable bonds is 5. The van der Waals surface area contributed by atoms with E-state index in [-0.39, 0.29) is 6.54 Å². The van der Waals surface area contributed by atoms with E-state index in [4.69, 9.17) is 10.8 Å². The van der Waals surface area contributed by atoms with E-state index in [1.807, 2.05) is 0 Å². The number of hydrogen-bond donors (Lipinski definition) is 2. The maximum Gasteiger partial charge on any atom is 0.304 e. The van der Waals surface area contributed by atoms with Crippen LogP contribution < -0.4 is 5.73 Å². The number of carbonyl (C=O) groups is 2. The third-order valence-electron chi connectivity index (χ3n) is 2.75. The molecule has 0 spiro atoms. The van der Waals surface area contributed by atoms with E-state index in [1.54, 1.807) is 0 Å². The second kappa shape index (κ2) is 5.46. The Morgan fingerprint density at radius 3 is 2.59 bits per heavy atom. The molecule has 7 nitrogen and oxygen atoms in total. The Morgan fingerprint density at radius 2 is 2.06 bits per heavy atom. The molecule has 0 aliphatic carbocycles. The van der Waals surface area contributed by atoms with E-state index in [0.717, 1.165) is 4.31 Å². The Morgan fingerprint density at radius 1 is 1.41 bits per heavy atom. The molecule has 0 aromatic carbocycles. The molecule has 0 bridgehead atoms. The van der Waals surface area contributed by atoms with E-state index >= 15 is 0 Å². The summed E-state index contributed by atoms with van der Waals surface area (Å²) in [5.74, 6) is -2.57. The van der Waals surface area contributed by atoms with Gasteiger partial charge in [-0.15, -0.1) is 0 Å². The molecule has 0 aromatic rings. The summed E-state index contributed by atoms with van der Waals surface area (Å²) < 4.78 is 24.7. The highest BCUT2D eigenvalue weighted by atomic mass is 32.2. The van der Waals surface area contributed by atoms with Gasteiger partial charge in [-0.25, -0.2) is 12.7 Å². The van der Waals surface area contributed by atoms with Crippen LogP contribution in [0, 0.1) is 5.92 Å². The van der Waals surface area contributed by atoms with Crippen molar-refractivity contribution < 1.29 is 23.1 Å². The molecule has 3 N–H and O–H groups in total. The first-order valence-corrected chi connectivity index (χ1v) is 6.93. The molecule has 1 unspecified atom stereocenters. The van der Waals surface area contributed by atoms with Gasteiger partial charge < -0.3 is 10.8 Å². The van der Waals surface area contributed by atoms with Crippen LogP contribution in [0.2, 0.25) is 0 Å². The standard InChI is InChI=1S/C9H16N2O5S/c10-9(14)7-2-1-4-11(6-7)17(15,16)5-3-8(12)13/h7H,1-6H2,(H2,10,14)(H,12,13). The van der Waals surface area contributed by atoms with Gasteiger partial charge >= 0.3 is 5.97 Å². The maximum atomic E-state index is 11.8. The fourth-order valence-corrected chi connectivity index (χ4v) is 3.28. The van der Waals surface area contributed by atoms with Crippen molar-refractivity contribution in [1.29, 1.82) is 0 Å². The Balaban J connectivity index is 2.65. The molecule has 0 saturated carbocycles. The summed E-state index contributed by atoms with van der Waals surface area (Å²) in [7, 11) is -3.60. The summed E-state index contributed by atoms with van der Waals surface area (Å²) in [6, 6.07) is 0. The van der Waals surface area contributed by atoms with Gasteiger partial charge in [-0.1, -0.05) is 0 Å². The van der Waals surface area contributed by atoms with Crippen molar-refractivity contribution in [3.8, 4) is 0 Å². The lowest BCUT2D eigenvalue weighted by molar-refractivity contribution is -0.136. The molecule has 1 rings (SSSR count). The second-order valence-corrected chi connectivity index (χ2v) is 6.15. The number of hydrogen-bond acceptors (Lipinski definition) is 4. The predicted molar refractivity (Wildman–Crippen MR) is 59.5 cm³/mol. The van der Waals surface area contributed by atoms with Crippen molar-refractivity contribution in [2.75, 3.05) is 18.8 Å². The Labute approximate surface area is 99.6 Å². The molecule has 1 saturated heterocycles. The lowest BCUT2D eigenvalue weighted by Crippen LogP contribution is -2.45. The van der Waals surface area contributed by atoms with Crippen LogP contribution in [0.25, 0.3) is 0 Å². The number of amides is 1. The normalized spacial score (nSPS) is 22.2. The first-order chi connectivity index (χ1) is 7.83. The minimum Gasteiger partial charge on any atom is -0.481 e. The lowest BCUT2D eigenvalue weighted by Gasteiger charge is -2.30. The molecule has 1 fully saturated rings. The SMILES string of the molecule is NC(=O)C1CCCN(S(=O)(=O)CCC(=O)O)C1. The van der Waals surface area contributed by atoms with E-state index < -0.39 is 40.0 Å². The third-order valence-corrected chi connectivity index (χ3v) is 4.59. The lowest BCUT2D eigenvalue weighted by atomic mass is 9.99. The molecule has 1 aliphatic heterocycles. The Bertz CT molecular complexity index is 406. The molecule has 1 heterocycles. The quantitative estimate of drug-likeness (QED) is 0.659. The van der Waals surface area contributed by atoms with Crippen molar-refractivity contribution in [3.05, 3.63) is 0 Å². The van der Waals surface area contributed by atoms with Crippen molar-refractivity contribution >= 4 is 21.9 Å². The number of sulfonamides is 1. The monoisotopic (exact) mass is 264 g/mol. The van der Waals surface area contributed by atoms with Gasteiger partial charge in [0, 0.05) is 13.1 Å². The summed E-state index contributed by atoms with van der Waals surface area (Å²) in [6.07, 6.45) is 0.722. The predicted octanol–water partition coefficient (Wildman–Crippen LogP) is -1.01. The minimum atomic E-state index is -3.60. The van der Waals surface area contributed by atoms with Crippen LogP contribution in [0.15, 0.2) is 0 Å². The Hall–Kier alpha value is -1.15. The Kier molecular flexibility index (Phi) is 4.47. The van der Waals surface area contributed by atoms with Gasteiger partial charge in [0.25, 0.3) is 0 Å². The van der Waals surface area contributed by atoms with E-state index in [0.29, 0.717) is 19.4 Å². The van der Waals surface area contributed by atoms with Crippen molar-refractivity contribution in [3.63, 3.8) is 0 Å². The van der Waals surface area contributed by atoms with Crippen LogP contribution in [0.5, 0.6) is 0 Å². The second-order valence-electron chi connectivity index (χ2n) is 4.06. The van der Waals surface area contributed by atoms with E-state index in [2.05, 4.69) is 0 Å². The van der Waals surface area contributed by atoms with Crippen LogP contribution >= 0.6 is 0 Å². The maximum absolute atomic E-state index is 11.8. The fraction of sp³-hybridized carbons (Fsp3) is 0.778. The third kappa shape index (κ3) is 3.97. The molecule has 1 aliphatic rings. The minimum absolute atomic E-state index is 0.0668. The highest BCUT2D eigenvalue weighted by molar-refractivity contribution is 7.89. The van der Waals surface area contributed by atoms with Gasteiger partial charge in [0.2, 0.25) is 15.9 Å². The van der Waals surface area contributed by atoms with Crippen LogP contribution in [0.4, 0.5) is 0 Å². The molecule has 8 heteroatoms. The average Bonchev–Trinajstić information content (AvgIpc) is 2.27. The largest absolute Gasteiger partial charge is 0.481 e. The van der Waals surface area contributed by atoms with Gasteiger partial charge in [0.15, 0.2) is 0 Å². The summed E-state index contributed by atoms with van der Waals surface area (Å²) in [6.45, 7) is 0.392. The number of primary amides is 1. The summed E-state index contributed by atoms with van der Waals surface area (Å²) in [4.78, 5) is 21.3. The molecule has 1 atom stereocenters. The van der Waals surface area contributed by atoms with E-state index in [9.17, 15) is 18.0 Å². The molecule has 0 aromatic heterocycles. The fourth-order valence-electron chi connectivity index (χ4n) is 1.77. The number of aliphatic carboxylic acids is 1. The summed E-state index contributed by atoms with van der Waals surface area (Å²) >= 11 is 0. The summed E-state index contributed by atoms with van der Waals surface area (Å²) in [5, 5.41) is 8.46. The topological polar surface area (TPSA) is 118 Å². The molecule has 98 valence electrons. The van der Waals surface area contributed by atoms with Crippen LogP contribution in [-0.2, 0) is 19.6 Å². The number of carbonyl (C=O) groups excluding carboxylic acids is 1. The first-order valence-electron chi connectivity index (χ1n) is 5.32. The molecule has 1 amide bonds. The van der Waals surface area contributed by atoms with Crippen molar-refractivity contribution in [2.45, 2.75) is 19.3 Å². The average molecular weight is 264 g/mol. The molecular weight excluding hydrogens is 248 g/mol. The number of piperidine rings is 1. The van der Waals surface area contributed by atoms with Gasteiger partial charge in [-0.2, -0.15) is 0 Å². The zero-order valence-corrected chi connectivity index (χ0v) is 10.1. The number of nitrogens with zero attached hydrogens (tertiary/aromatic N) is 1. The first kappa shape index (κ1) is 13.9. The highest BCUT2D eigenvalue weighted by Crippen LogP contribution is 2.19. The van der Waals surface area contributed by atoms with Crippen molar-refractivity contribution in [2.24, 2.45) is 11.7 Å².